The van der Waals surface area contributed by atoms with Crippen LogP contribution in [-0.4, -0.2) is 25.6 Å². The Morgan fingerprint density at radius 3 is 2.47 bits per heavy atom. The lowest BCUT2D eigenvalue weighted by molar-refractivity contribution is 0.0989. The van der Waals surface area contributed by atoms with E-state index < -0.39 is 0 Å². The Morgan fingerprint density at radius 2 is 1.75 bits per heavy atom. The van der Waals surface area contributed by atoms with Gasteiger partial charge >= 0.3 is 6.03 Å². The third kappa shape index (κ3) is 4.59. The summed E-state index contributed by atoms with van der Waals surface area (Å²) in [5, 5.41) is 5.76. The van der Waals surface area contributed by atoms with Crippen molar-refractivity contribution in [2.75, 3.05) is 23.9 Å². The normalized spacial score (nSPS) is 12.3. The minimum Gasteiger partial charge on any atom is -0.497 e. The van der Waals surface area contributed by atoms with Gasteiger partial charge in [-0.25, -0.2) is 4.79 Å². The number of fused-ring (bicyclic) bond motifs is 1. The maximum atomic E-state index is 13.0. The molecule has 3 aromatic carbocycles. The molecule has 0 saturated heterocycles. The van der Waals surface area contributed by atoms with Gasteiger partial charge < -0.3 is 20.3 Å². The van der Waals surface area contributed by atoms with Crippen LogP contribution < -0.4 is 20.3 Å². The van der Waals surface area contributed by atoms with E-state index in [4.69, 9.17) is 4.74 Å². The van der Waals surface area contributed by atoms with Crippen LogP contribution in [0.4, 0.5) is 16.2 Å². The Kier molecular flexibility index (Phi) is 6.12. The summed E-state index contributed by atoms with van der Waals surface area (Å²) in [4.78, 5) is 27.2. The molecule has 0 saturated carbocycles. The van der Waals surface area contributed by atoms with Crippen molar-refractivity contribution in [2.45, 2.75) is 26.8 Å². The summed E-state index contributed by atoms with van der Waals surface area (Å²) in [5.41, 5.74) is 6.67. The van der Waals surface area contributed by atoms with E-state index in [0.717, 1.165) is 40.2 Å². The maximum Gasteiger partial charge on any atom is 0.319 e. The van der Waals surface area contributed by atoms with E-state index in [1.165, 1.54) is 5.56 Å². The summed E-state index contributed by atoms with van der Waals surface area (Å²) < 4.78 is 5.18. The lowest BCUT2D eigenvalue weighted by Gasteiger charge is -2.18. The highest BCUT2D eigenvalue weighted by atomic mass is 16.5. The molecule has 6 heteroatoms. The minimum absolute atomic E-state index is 0.0380. The third-order valence-corrected chi connectivity index (χ3v) is 5.85. The largest absolute Gasteiger partial charge is 0.497 e. The molecule has 0 aromatic heterocycles. The summed E-state index contributed by atoms with van der Waals surface area (Å²) in [6.45, 7) is 5.07. The molecule has 0 radical (unpaired) electrons. The quantitative estimate of drug-likeness (QED) is 0.610. The van der Waals surface area contributed by atoms with E-state index in [1.807, 2.05) is 50.2 Å². The molecule has 4 rings (SSSR count). The highest BCUT2D eigenvalue weighted by Gasteiger charge is 2.26. The van der Waals surface area contributed by atoms with Crippen LogP contribution in [0, 0.1) is 13.8 Å². The fourth-order valence-electron chi connectivity index (χ4n) is 3.81. The van der Waals surface area contributed by atoms with E-state index in [0.29, 0.717) is 18.7 Å². The van der Waals surface area contributed by atoms with Crippen LogP contribution >= 0.6 is 0 Å². The molecule has 6 nitrogen and oxygen atoms in total. The zero-order chi connectivity index (χ0) is 22.7. The number of carbonyl (C=O) groups excluding carboxylic acids is 2. The van der Waals surface area contributed by atoms with E-state index in [1.54, 1.807) is 36.3 Å². The van der Waals surface area contributed by atoms with E-state index in [9.17, 15) is 9.59 Å². The Balaban J connectivity index is 1.42. The van der Waals surface area contributed by atoms with Crippen molar-refractivity contribution in [1.82, 2.24) is 5.32 Å². The Labute approximate surface area is 188 Å². The number of amides is 3. The van der Waals surface area contributed by atoms with E-state index in [-0.39, 0.29) is 11.9 Å². The van der Waals surface area contributed by atoms with Gasteiger partial charge in [0, 0.05) is 30.0 Å². The molecule has 3 amide bonds. The molecule has 0 aliphatic carbocycles. The van der Waals surface area contributed by atoms with Crippen LogP contribution in [-0.2, 0) is 13.0 Å². The molecule has 0 atom stereocenters. The standard InChI is InChI=1S/C26H27N3O3/c1-17-4-9-22(14-18(17)2)28-26(31)27-16-19-5-6-20-12-13-29(24(20)15-19)25(30)21-7-10-23(32-3)11-8-21/h4-11,14-15H,12-13,16H2,1-3H3,(H2,27,28,31). The molecule has 0 spiro atoms. The first-order chi connectivity index (χ1) is 15.4. The monoisotopic (exact) mass is 429 g/mol. The molecule has 1 aliphatic heterocycles. The van der Waals surface area contributed by atoms with E-state index >= 15 is 0 Å². The van der Waals surface area contributed by atoms with Gasteiger partial charge in [-0.1, -0.05) is 18.2 Å². The molecule has 0 unspecified atom stereocenters. The molecular formula is C26H27N3O3. The van der Waals surface area contributed by atoms with Crippen LogP contribution in [0.15, 0.2) is 60.7 Å². The summed E-state index contributed by atoms with van der Waals surface area (Å²) in [5.74, 6) is 0.680. The predicted octanol–water partition coefficient (Wildman–Crippen LogP) is 4.84. The molecule has 1 heterocycles. The van der Waals surface area contributed by atoms with Crippen LogP contribution in [0.1, 0.15) is 32.6 Å². The second-order valence-electron chi connectivity index (χ2n) is 8.01. The Bertz CT molecular complexity index is 1160. The van der Waals surface area contributed by atoms with Crippen molar-refractivity contribution >= 4 is 23.3 Å². The molecule has 3 aromatic rings. The average Bonchev–Trinajstić information content (AvgIpc) is 3.23. The molecule has 2 N–H and O–H groups in total. The smallest absolute Gasteiger partial charge is 0.319 e. The zero-order valence-corrected chi connectivity index (χ0v) is 18.6. The number of benzene rings is 3. The number of nitrogens with one attached hydrogen (secondary N) is 2. The van der Waals surface area contributed by atoms with Crippen LogP contribution in [0.3, 0.4) is 0 Å². The first-order valence-corrected chi connectivity index (χ1v) is 10.6. The summed E-state index contributed by atoms with van der Waals surface area (Å²) in [6.07, 6.45) is 0.818. The van der Waals surface area contributed by atoms with Crippen molar-refractivity contribution in [3.05, 3.63) is 88.5 Å². The number of aryl methyl sites for hydroxylation is 2. The van der Waals surface area contributed by atoms with Crippen molar-refractivity contribution in [2.24, 2.45) is 0 Å². The average molecular weight is 430 g/mol. The number of nitrogens with zero attached hydrogens (tertiary/aromatic N) is 1. The number of hydrogen-bond acceptors (Lipinski definition) is 3. The minimum atomic E-state index is -0.264. The lowest BCUT2D eigenvalue weighted by Crippen LogP contribution is -2.29. The van der Waals surface area contributed by atoms with Gasteiger partial charge in [0.15, 0.2) is 0 Å². The van der Waals surface area contributed by atoms with Crippen LogP contribution in [0.25, 0.3) is 0 Å². The van der Waals surface area contributed by atoms with Gasteiger partial charge in [-0.15, -0.1) is 0 Å². The number of anilines is 2. The second-order valence-corrected chi connectivity index (χ2v) is 8.01. The number of rotatable bonds is 5. The van der Waals surface area contributed by atoms with Crippen molar-refractivity contribution in [1.29, 1.82) is 0 Å². The third-order valence-electron chi connectivity index (χ3n) is 5.85. The Morgan fingerprint density at radius 1 is 0.969 bits per heavy atom. The summed E-state index contributed by atoms with van der Waals surface area (Å²) in [7, 11) is 1.60. The predicted molar refractivity (Wildman–Crippen MR) is 127 cm³/mol. The van der Waals surface area contributed by atoms with Crippen LogP contribution in [0.5, 0.6) is 5.75 Å². The van der Waals surface area contributed by atoms with Crippen molar-refractivity contribution < 1.29 is 14.3 Å². The van der Waals surface area contributed by atoms with Gasteiger partial charge in [-0.2, -0.15) is 0 Å². The lowest BCUT2D eigenvalue weighted by atomic mass is 10.1. The SMILES string of the molecule is COc1ccc(C(=O)N2CCc3ccc(CNC(=O)Nc4ccc(C)c(C)c4)cc32)cc1. The summed E-state index contributed by atoms with van der Waals surface area (Å²) >= 11 is 0. The van der Waals surface area contributed by atoms with Gasteiger partial charge in [-0.3, -0.25) is 4.79 Å². The summed E-state index contributed by atoms with van der Waals surface area (Å²) in [6, 6.07) is 18.7. The highest BCUT2D eigenvalue weighted by molar-refractivity contribution is 6.07. The van der Waals surface area contributed by atoms with Gasteiger partial charge in [0.25, 0.3) is 5.91 Å². The Hall–Kier alpha value is -3.80. The highest BCUT2D eigenvalue weighted by Crippen LogP contribution is 2.30. The van der Waals surface area contributed by atoms with Crippen molar-refractivity contribution in [3.63, 3.8) is 0 Å². The van der Waals surface area contributed by atoms with Gasteiger partial charge in [0.05, 0.1) is 7.11 Å². The number of carbonyl (C=O) groups is 2. The number of hydrogen-bond donors (Lipinski definition) is 2. The second kappa shape index (κ2) is 9.14. The fourth-order valence-corrected chi connectivity index (χ4v) is 3.81. The van der Waals surface area contributed by atoms with Gasteiger partial charge in [-0.05, 0) is 85.0 Å². The van der Waals surface area contributed by atoms with Crippen LogP contribution in [0.2, 0.25) is 0 Å². The molecule has 164 valence electrons. The molecule has 32 heavy (non-hydrogen) atoms. The van der Waals surface area contributed by atoms with Crippen molar-refractivity contribution in [3.8, 4) is 5.75 Å². The van der Waals surface area contributed by atoms with Gasteiger partial charge in [0.1, 0.15) is 5.75 Å². The molecule has 1 aliphatic rings. The number of urea groups is 1. The topological polar surface area (TPSA) is 70.7 Å². The fraction of sp³-hybridized carbons (Fsp3) is 0.231. The zero-order valence-electron chi connectivity index (χ0n) is 18.6. The maximum absolute atomic E-state index is 13.0. The molecule has 0 bridgehead atoms. The van der Waals surface area contributed by atoms with Gasteiger partial charge in [0.2, 0.25) is 0 Å². The first-order valence-electron chi connectivity index (χ1n) is 10.6. The number of methoxy groups -OCH3 is 1. The number of ether oxygens (including phenoxy) is 1. The first kappa shape index (κ1) is 21.4. The van der Waals surface area contributed by atoms with E-state index in [2.05, 4.69) is 10.6 Å². The molecule has 0 fully saturated rings. The molecular weight excluding hydrogens is 402 g/mol.